The second-order valence-corrected chi connectivity index (χ2v) is 5.81. The van der Waals surface area contributed by atoms with Gasteiger partial charge in [-0.05, 0) is 37.4 Å². The summed E-state index contributed by atoms with van der Waals surface area (Å²) in [7, 11) is 0. The molecule has 0 bridgehead atoms. The van der Waals surface area contributed by atoms with E-state index in [0.29, 0.717) is 10.6 Å². The number of thiophene rings is 1. The van der Waals surface area contributed by atoms with Crippen molar-refractivity contribution in [3.05, 3.63) is 56.1 Å². The van der Waals surface area contributed by atoms with Crippen molar-refractivity contribution in [2.45, 2.75) is 26.3 Å². The largest absolute Gasteiger partial charge is 0.349 e. The van der Waals surface area contributed by atoms with Crippen LogP contribution in [0.5, 0.6) is 0 Å². The first-order valence-electron chi connectivity index (χ1n) is 6.55. The molecule has 110 valence electrons. The molecule has 2 heterocycles. The predicted molar refractivity (Wildman–Crippen MR) is 82.0 cm³/mol. The van der Waals surface area contributed by atoms with Crippen LogP contribution in [0.4, 0.5) is 0 Å². The van der Waals surface area contributed by atoms with Crippen LogP contribution in [0, 0.1) is 6.92 Å². The van der Waals surface area contributed by atoms with Gasteiger partial charge in [-0.25, -0.2) is 0 Å². The van der Waals surface area contributed by atoms with Gasteiger partial charge >= 0.3 is 0 Å². The summed E-state index contributed by atoms with van der Waals surface area (Å²) in [6, 6.07) is 6.38. The fourth-order valence-electron chi connectivity index (χ4n) is 1.92. The van der Waals surface area contributed by atoms with E-state index in [0.717, 1.165) is 0 Å². The van der Waals surface area contributed by atoms with Crippen molar-refractivity contribution in [2.75, 3.05) is 0 Å². The first-order chi connectivity index (χ1) is 9.97. The topological polar surface area (TPSA) is 79.0 Å². The number of amides is 1. The SMILES string of the molecule is Cc1ccc(C(=O)NC(C)CC(=O)c2cccs2)c(=O)[nH]1. The lowest BCUT2D eigenvalue weighted by atomic mass is 10.1. The second-order valence-electron chi connectivity index (χ2n) is 4.86. The number of aromatic amines is 1. The Morgan fingerprint density at radius 1 is 1.33 bits per heavy atom. The molecule has 0 saturated carbocycles. The number of H-pyrrole nitrogens is 1. The Bertz CT molecular complexity index is 704. The third-order valence-electron chi connectivity index (χ3n) is 2.97. The fourth-order valence-corrected chi connectivity index (χ4v) is 2.60. The van der Waals surface area contributed by atoms with Gasteiger partial charge < -0.3 is 10.3 Å². The number of Topliss-reactive ketones (excluding diaryl/α,β-unsaturated/α-hetero) is 1. The quantitative estimate of drug-likeness (QED) is 0.831. The molecule has 2 aromatic rings. The third kappa shape index (κ3) is 3.88. The summed E-state index contributed by atoms with van der Waals surface area (Å²) < 4.78 is 0. The lowest BCUT2D eigenvalue weighted by Gasteiger charge is -2.12. The second kappa shape index (κ2) is 6.49. The third-order valence-corrected chi connectivity index (χ3v) is 3.88. The summed E-state index contributed by atoms with van der Waals surface area (Å²) in [5.41, 5.74) is 0.317. The standard InChI is InChI=1S/C15H16N2O3S/c1-9-5-6-11(14(19)16-9)15(20)17-10(2)8-12(18)13-4-3-7-21-13/h3-7,10H,8H2,1-2H3,(H,16,19)(H,17,20). The van der Waals surface area contributed by atoms with E-state index in [4.69, 9.17) is 0 Å². The van der Waals surface area contributed by atoms with Crippen LogP contribution in [0.1, 0.15) is 39.1 Å². The molecule has 0 radical (unpaired) electrons. The molecule has 1 unspecified atom stereocenters. The molecule has 21 heavy (non-hydrogen) atoms. The van der Waals surface area contributed by atoms with Crippen LogP contribution >= 0.6 is 11.3 Å². The summed E-state index contributed by atoms with van der Waals surface area (Å²) in [6.07, 6.45) is 0.204. The van der Waals surface area contributed by atoms with E-state index in [1.165, 1.54) is 17.4 Å². The number of carbonyl (C=O) groups excluding carboxylic acids is 2. The van der Waals surface area contributed by atoms with Crippen LogP contribution in [0.25, 0.3) is 0 Å². The minimum Gasteiger partial charge on any atom is -0.349 e. The van der Waals surface area contributed by atoms with Gasteiger partial charge in [-0.2, -0.15) is 0 Å². The molecule has 2 rings (SSSR count). The van der Waals surface area contributed by atoms with Gasteiger partial charge in [0.15, 0.2) is 5.78 Å². The van der Waals surface area contributed by atoms with Gasteiger partial charge in [0, 0.05) is 18.2 Å². The van der Waals surface area contributed by atoms with Gasteiger partial charge in [0.1, 0.15) is 5.56 Å². The predicted octanol–water partition coefficient (Wildman–Crippen LogP) is 2.14. The van der Waals surface area contributed by atoms with E-state index in [1.807, 2.05) is 11.4 Å². The highest BCUT2D eigenvalue weighted by Gasteiger charge is 2.16. The normalized spacial score (nSPS) is 11.9. The number of aryl methyl sites for hydroxylation is 1. The zero-order valence-electron chi connectivity index (χ0n) is 11.8. The Labute approximate surface area is 126 Å². The maximum atomic E-state index is 12.0. The van der Waals surface area contributed by atoms with E-state index < -0.39 is 11.5 Å². The summed E-state index contributed by atoms with van der Waals surface area (Å²) in [5.74, 6) is -0.488. The summed E-state index contributed by atoms with van der Waals surface area (Å²) >= 11 is 1.38. The fraction of sp³-hybridized carbons (Fsp3) is 0.267. The van der Waals surface area contributed by atoms with Gasteiger partial charge in [-0.3, -0.25) is 14.4 Å². The van der Waals surface area contributed by atoms with E-state index >= 15 is 0 Å². The number of ketones is 1. The molecule has 0 aromatic carbocycles. The zero-order valence-corrected chi connectivity index (χ0v) is 12.6. The molecular weight excluding hydrogens is 288 g/mol. The van der Waals surface area contributed by atoms with Crippen molar-refractivity contribution in [3.63, 3.8) is 0 Å². The molecule has 1 amide bonds. The van der Waals surface area contributed by atoms with Crippen molar-refractivity contribution in [3.8, 4) is 0 Å². The maximum Gasteiger partial charge on any atom is 0.260 e. The zero-order chi connectivity index (χ0) is 15.4. The van der Waals surface area contributed by atoms with Crippen molar-refractivity contribution in [2.24, 2.45) is 0 Å². The molecule has 6 heteroatoms. The molecule has 2 N–H and O–H groups in total. The molecular formula is C15H16N2O3S. The Morgan fingerprint density at radius 2 is 2.10 bits per heavy atom. The van der Waals surface area contributed by atoms with Crippen molar-refractivity contribution in [1.82, 2.24) is 10.3 Å². The first kappa shape index (κ1) is 15.2. The van der Waals surface area contributed by atoms with Crippen LogP contribution in [-0.4, -0.2) is 22.7 Å². The van der Waals surface area contributed by atoms with Gasteiger partial charge in [0.25, 0.3) is 11.5 Å². The highest BCUT2D eigenvalue weighted by molar-refractivity contribution is 7.12. The Balaban J connectivity index is 1.99. The summed E-state index contributed by atoms with van der Waals surface area (Å²) in [5, 5.41) is 4.51. The van der Waals surface area contributed by atoms with Gasteiger partial charge in [-0.15, -0.1) is 11.3 Å². The number of rotatable bonds is 5. The minimum atomic E-state index is -0.470. The van der Waals surface area contributed by atoms with Crippen molar-refractivity contribution >= 4 is 23.0 Å². The molecule has 0 fully saturated rings. The summed E-state index contributed by atoms with van der Waals surface area (Å²) in [6.45, 7) is 3.48. The number of pyridine rings is 1. The smallest absolute Gasteiger partial charge is 0.260 e. The minimum absolute atomic E-state index is 0.0179. The van der Waals surface area contributed by atoms with Gasteiger partial charge in [-0.1, -0.05) is 6.07 Å². The Morgan fingerprint density at radius 3 is 2.71 bits per heavy atom. The van der Waals surface area contributed by atoms with Crippen LogP contribution in [0.2, 0.25) is 0 Å². The lowest BCUT2D eigenvalue weighted by Crippen LogP contribution is -2.37. The highest BCUT2D eigenvalue weighted by Crippen LogP contribution is 2.12. The molecule has 0 aliphatic heterocycles. The number of hydrogen-bond acceptors (Lipinski definition) is 4. The van der Waals surface area contributed by atoms with Crippen LogP contribution in [-0.2, 0) is 0 Å². The monoisotopic (exact) mass is 304 g/mol. The van der Waals surface area contributed by atoms with Crippen LogP contribution < -0.4 is 10.9 Å². The van der Waals surface area contributed by atoms with E-state index in [9.17, 15) is 14.4 Å². The molecule has 0 saturated heterocycles. The summed E-state index contributed by atoms with van der Waals surface area (Å²) in [4.78, 5) is 38.9. The van der Waals surface area contributed by atoms with Gasteiger partial charge in [0.05, 0.1) is 4.88 Å². The number of aromatic nitrogens is 1. The van der Waals surface area contributed by atoms with E-state index in [1.54, 1.807) is 26.0 Å². The molecule has 0 aliphatic carbocycles. The Kier molecular flexibility index (Phi) is 4.70. The molecule has 1 atom stereocenters. The maximum absolute atomic E-state index is 12.0. The molecule has 0 aliphatic rings. The van der Waals surface area contributed by atoms with E-state index in [2.05, 4.69) is 10.3 Å². The van der Waals surface area contributed by atoms with Crippen LogP contribution in [0.3, 0.4) is 0 Å². The highest BCUT2D eigenvalue weighted by atomic mass is 32.1. The lowest BCUT2D eigenvalue weighted by molar-refractivity contribution is 0.0918. The first-order valence-corrected chi connectivity index (χ1v) is 7.43. The van der Waals surface area contributed by atoms with Crippen molar-refractivity contribution < 1.29 is 9.59 Å². The molecule has 0 spiro atoms. The number of nitrogens with one attached hydrogen (secondary N) is 2. The Hall–Kier alpha value is -2.21. The number of hydrogen-bond donors (Lipinski definition) is 2. The van der Waals surface area contributed by atoms with Crippen molar-refractivity contribution in [1.29, 1.82) is 0 Å². The van der Waals surface area contributed by atoms with Gasteiger partial charge in [0.2, 0.25) is 0 Å². The molecule has 2 aromatic heterocycles. The van der Waals surface area contributed by atoms with Crippen LogP contribution in [0.15, 0.2) is 34.4 Å². The van der Waals surface area contributed by atoms with E-state index in [-0.39, 0.29) is 23.8 Å². The average Bonchev–Trinajstić information content (AvgIpc) is 2.91. The average molecular weight is 304 g/mol. The number of carbonyl (C=O) groups is 2. The molecule has 5 nitrogen and oxygen atoms in total.